The zero-order valence-corrected chi connectivity index (χ0v) is 15.0. The van der Waals surface area contributed by atoms with E-state index < -0.39 is 12.5 Å². The van der Waals surface area contributed by atoms with Gasteiger partial charge in [0.1, 0.15) is 16.9 Å². The van der Waals surface area contributed by atoms with E-state index in [0.29, 0.717) is 11.2 Å². The van der Waals surface area contributed by atoms with Crippen molar-refractivity contribution in [2.24, 2.45) is 0 Å². The lowest BCUT2D eigenvalue weighted by molar-refractivity contribution is -0.253. The van der Waals surface area contributed by atoms with E-state index in [2.05, 4.69) is 19.8 Å². The van der Waals surface area contributed by atoms with E-state index >= 15 is 0 Å². The van der Waals surface area contributed by atoms with Crippen molar-refractivity contribution in [1.82, 2.24) is 19.6 Å². The molecule has 5 rings (SSSR count). The van der Waals surface area contributed by atoms with Crippen LogP contribution in [0.2, 0.25) is 0 Å². The number of aromatic nitrogens is 4. The Morgan fingerprint density at radius 1 is 1.21 bits per heavy atom. The molecular weight excluding hydrogens is 396 g/mol. The van der Waals surface area contributed by atoms with Gasteiger partial charge in [0.2, 0.25) is 0 Å². The van der Waals surface area contributed by atoms with Gasteiger partial charge in [0.15, 0.2) is 11.5 Å². The summed E-state index contributed by atoms with van der Waals surface area (Å²) in [5.41, 5.74) is 2.26. The lowest BCUT2D eigenvalue weighted by Gasteiger charge is -2.16. The van der Waals surface area contributed by atoms with E-state index in [9.17, 15) is 17.6 Å². The topological polar surface area (TPSA) is 52.3 Å². The van der Waals surface area contributed by atoms with Gasteiger partial charge in [-0.1, -0.05) is 12.1 Å². The first-order valence-electron chi connectivity index (χ1n) is 8.53. The van der Waals surface area contributed by atoms with Crippen LogP contribution >= 0.6 is 11.3 Å². The normalized spacial score (nSPS) is 14.3. The van der Waals surface area contributed by atoms with Crippen molar-refractivity contribution in [2.45, 2.75) is 31.8 Å². The zero-order chi connectivity index (χ0) is 19.5. The molecule has 0 unspecified atom stereocenters. The van der Waals surface area contributed by atoms with Crippen LogP contribution in [0.1, 0.15) is 16.9 Å². The van der Waals surface area contributed by atoms with Crippen LogP contribution in [0.25, 0.3) is 27.3 Å². The Labute approximate surface area is 159 Å². The zero-order valence-electron chi connectivity index (χ0n) is 14.2. The third-order valence-corrected chi connectivity index (χ3v) is 5.84. The van der Waals surface area contributed by atoms with Gasteiger partial charge in [-0.25, -0.2) is 14.5 Å². The maximum absolute atomic E-state index is 13.2. The van der Waals surface area contributed by atoms with Crippen molar-refractivity contribution in [3.05, 3.63) is 41.0 Å². The van der Waals surface area contributed by atoms with Crippen molar-refractivity contribution in [3.63, 3.8) is 0 Å². The smallest absolute Gasteiger partial charge is 0.428 e. The highest BCUT2D eigenvalue weighted by Crippen LogP contribution is 2.38. The molecule has 144 valence electrons. The average Bonchev–Trinajstić information content (AvgIpc) is 3.34. The molecular formula is C18H12F4N4OS. The Hall–Kier alpha value is -2.75. The minimum atomic E-state index is -4.57. The number of thiophene rings is 1. The Morgan fingerprint density at radius 2 is 2.07 bits per heavy atom. The van der Waals surface area contributed by atoms with E-state index in [1.165, 1.54) is 28.6 Å². The molecule has 0 saturated carbocycles. The standard InChI is InChI=1S/C18H12F4N4OS/c19-17(20)18(21,22)27-10-4-1-3-9(7-10)14-24-15-13-11-5-2-6-12(11)28-16(13)23-8-26(15)25-14/h1,3-4,7-8,17H,2,5-6H2. The van der Waals surface area contributed by atoms with Crippen molar-refractivity contribution >= 4 is 27.2 Å². The van der Waals surface area contributed by atoms with Gasteiger partial charge in [0.05, 0.1) is 5.39 Å². The molecule has 0 N–H and O–H groups in total. The van der Waals surface area contributed by atoms with Crippen LogP contribution in [-0.2, 0) is 12.8 Å². The van der Waals surface area contributed by atoms with Gasteiger partial charge in [-0.05, 0) is 37.0 Å². The summed E-state index contributed by atoms with van der Waals surface area (Å²) in [6, 6.07) is 5.42. The van der Waals surface area contributed by atoms with E-state index in [-0.39, 0.29) is 11.6 Å². The summed E-state index contributed by atoms with van der Waals surface area (Å²) in [5, 5.41) is 5.34. The number of hydrogen-bond acceptors (Lipinski definition) is 5. The van der Waals surface area contributed by atoms with Crippen LogP contribution in [0.3, 0.4) is 0 Å². The second kappa shape index (κ2) is 6.13. The van der Waals surface area contributed by atoms with Crippen LogP contribution in [0.5, 0.6) is 5.75 Å². The minimum Gasteiger partial charge on any atom is -0.428 e. The highest BCUT2D eigenvalue weighted by molar-refractivity contribution is 7.19. The molecule has 4 aromatic rings. The lowest BCUT2D eigenvalue weighted by Crippen LogP contribution is -2.33. The molecule has 10 heteroatoms. The third kappa shape index (κ3) is 2.70. The summed E-state index contributed by atoms with van der Waals surface area (Å²) in [4.78, 5) is 11.2. The number of ether oxygens (including phenoxy) is 1. The number of nitrogens with zero attached hydrogens (tertiary/aromatic N) is 4. The number of halogens is 4. The Kier molecular flexibility index (Phi) is 3.80. The molecule has 0 atom stereocenters. The first-order chi connectivity index (χ1) is 13.4. The summed E-state index contributed by atoms with van der Waals surface area (Å²) >= 11 is 1.65. The SMILES string of the molecule is FC(F)C(F)(F)Oc1cccc(-c2nc3c4c5c(sc4ncn3n2)CCC5)c1. The maximum atomic E-state index is 13.2. The number of fused-ring (bicyclic) bond motifs is 5. The summed E-state index contributed by atoms with van der Waals surface area (Å²) in [6.07, 6.45) is -3.85. The van der Waals surface area contributed by atoms with E-state index in [4.69, 9.17) is 0 Å². The van der Waals surface area contributed by atoms with Gasteiger partial charge in [-0.3, -0.25) is 0 Å². The summed E-state index contributed by atoms with van der Waals surface area (Å²) < 4.78 is 56.8. The van der Waals surface area contributed by atoms with Gasteiger partial charge in [0.25, 0.3) is 0 Å². The average molecular weight is 408 g/mol. The Bertz CT molecular complexity index is 1200. The van der Waals surface area contributed by atoms with E-state index in [0.717, 1.165) is 29.5 Å². The fourth-order valence-corrected chi connectivity index (χ4v) is 4.64. The monoisotopic (exact) mass is 408 g/mol. The molecule has 0 spiro atoms. The molecule has 0 amide bonds. The molecule has 0 fully saturated rings. The molecule has 3 heterocycles. The quantitative estimate of drug-likeness (QED) is 0.458. The minimum absolute atomic E-state index is 0.276. The number of rotatable bonds is 4. The summed E-state index contributed by atoms with van der Waals surface area (Å²) in [6.45, 7) is 0. The van der Waals surface area contributed by atoms with Gasteiger partial charge < -0.3 is 4.74 Å². The van der Waals surface area contributed by atoms with Crippen molar-refractivity contribution < 1.29 is 22.3 Å². The number of hydrogen-bond donors (Lipinski definition) is 0. The van der Waals surface area contributed by atoms with Gasteiger partial charge >= 0.3 is 12.5 Å². The van der Waals surface area contributed by atoms with Crippen LogP contribution in [0, 0.1) is 0 Å². The van der Waals surface area contributed by atoms with Gasteiger partial charge in [-0.15, -0.1) is 16.4 Å². The molecule has 0 bridgehead atoms. The number of aryl methyl sites for hydroxylation is 2. The second-order valence-corrected chi connectivity index (χ2v) is 7.56. The van der Waals surface area contributed by atoms with Crippen molar-refractivity contribution in [2.75, 3.05) is 0 Å². The van der Waals surface area contributed by atoms with Crippen LogP contribution in [-0.4, -0.2) is 32.1 Å². The van der Waals surface area contributed by atoms with E-state index in [1.807, 2.05) is 0 Å². The van der Waals surface area contributed by atoms with Crippen molar-refractivity contribution in [1.29, 1.82) is 0 Å². The highest BCUT2D eigenvalue weighted by Gasteiger charge is 2.44. The largest absolute Gasteiger partial charge is 0.461 e. The highest BCUT2D eigenvalue weighted by atomic mass is 32.1. The molecule has 5 nitrogen and oxygen atoms in total. The molecule has 3 aromatic heterocycles. The summed E-state index contributed by atoms with van der Waals surface area (Å²) in [5.74, 6) is -0.112. The van der Waals surface area contributed by atoms with Crippen LogP contribution < -0.4 is 4.74 Å². The van der Waals surface area contributed by atoms with Crippen LogP contribution in [0.4, 0.5) is 17.6 Å². The third-order valence-electron chi connectivity index (χ3n) is 4.64. The predicted octanol–water partition coefficient (Wildman–Crippen LogP) is 4.73. The molecule has 1 aliphatic rings. The molecule has 0 saturated heterocycles. The van der Waals surface area contributed by atoms with Crippen molar-refractivity contribution in [3.8, 4) is 17.1 Å². The Morgan fingerprint density at radius 3 is 2.89 bits per heavy atom. The number of benzene rings is 1. The first kappa shape index (κ1) is 17.4. The van der Waals surface area contributed by atoms with E-state index in [1.54, 1.807) is 28.2 Å². The van der Waals surface area contributed by atoms with Crippen LogP contribution in [0.15, 0.2) is 30.6 Å². The summed E-state index contributed by atoms with van der Waals surface area (Å²) in [7, 11) is 0. The second-order valence-electron chi connectivity index (χ2n) is 6.48. The van der Waals surface area contributed by atoms with Gasteiger partial charge in [-0.2, -0.15) is 17.6 Å². The molecule has 1 aromatic carbocycles. The molecule has 1 aliphatic carbocycles. The predicted molar refractivity (Wildman–Crippen MR) is 95.2 cm³/mol. The maximum Gasteiger partial charge on any atom is 0.461 e. The molecule has 0 radical (unpaired) electrons. The Balaban J connectivity index is 1.58. The molecule has 0 aliphatic heterocycles. The number of alkyl halides is 4. The molecule has 28 heavy (non-hydrogen) atoms. The lowest BCUT2D eigenvalue weighted by atomic mass is 10.2. The first-order valence-corrected chi connectivity index (χ1v) is 9.35. The fraction of sp³-hybridized carbons (Fsp3) is 0.278. The fourth-order valence-electron chi connectivity index (χ4n) is 3.42. The van der Waals surface area contributed by atoms with Gasteiger partial charge in [0, 0.05) is 10.4 Å².